The minimum atomic E-state index is -1.49. The molecule has 0 saturated heterocycles. The predicted molar refractivity (Wildman–Crippen MR) is 184 cm³/mol. The Bertz CT molecular complexity index is 2040. The summed E-state index contributed by atoms with van der Waals surface area (Å²) in [6, 6.07) is 34.0. The molecule has 9 heteroatoms. The van der Waals surface area contributed by atoms with Gasteiger partial charge in [-0.05, 0) is 68.4 Å². The second-order valence-electron chi connectivity index (χ2n) is 11.4. The molecule has 2 aliphatic rings. The van der Waals surface area contributed by atoms with E-state index in [4.69, 9.17) is 14.2 Å². The Balaban J connectivity index is 1.51. The summed E-state index contributed by atoms with van der Waals surface area (Å²) in [7, 11) is 1.29. The number of amides is 2. The summed E-state index contributed by atoms with van der Waals surface area (Å²) in [6.45, 7) is 5.68. The van der Waals surface area contributed by atoms with E-state index in [0.717, 1.165) is 18.8 Å². The van der Waals surface area contributed by atoms with Crippen molar-refractivity contribution in [3.8, 4) is 11.5 Å². The maximum atomic E-state index is 14.1. The minimum absolute atomic E-state index is 0.0668. The van der Waals surface area contributed by atoms with Gasteiger partial charge in [0.25, 0.3) is 0 Å². The molecule has 1 unspecified atom stereocenters. The average Bonchev–Trinajstić information content (AvgIpc) is 3.41. The lowest BCUT2D eigenvalue weighted by Crippen LogP contribution is -2.35. The number of fused-ring (bicyclic) bond motifs is 6. The molecule has 5 aromatic carbocycles. The number of esters is 2. The number of rotatable bonds is 7. The van der Waals surface area contributed by atoms with Gasteiger partial charge < -0.3 is 24.4 Å². The monoisotopic (exact) mass is 639 g/mol. The topological polar surface area (TPSA) is 97.4 Å². The normalized spacial score (nSPS) is 15.4. The number of ether oxygens (including phenoxy) is 3. The highest BCUT2D eigenvalue weighted by Crippen LogP contribution is 2.58. The summed E-state index contributed by atoms with van der Waals surface area (Å²) in [5.74, 6) is -0.573. The lowest BCUT2D eigenvalue weighted by molar-refractivity contribution is 0.0224. The van der Waals surface area contributed by atoms with Crippen LogP contribution in [0, 0.1) is 0 Å². The number of hydrogen-bond acceptors (Lipinski definition) is 7. The summed E-state index contributed by atoms with van der Waals surface area (Å²) in [4.78, 5) is 45.0. The molecule has 0 aliphatic carbocycles. The van der Waals surface area contributed by atoms with E-state index in [0.29, 0.717) is 45.1 Å². The fraction of sp³-hybridized carbons (Fsp3) is 0.154. The molecular formula is C39H33N3O6. The van der Waals surface area contributed by atoms with Crippen LogP contribution in [0.5, 0.6) is 11.5 Å². The quantitative estimate of drug-likeness (QED) is 0.179. The van der Waals surface area contributed by atoms with Gasteiger partial charge in [0, 0.05) is 41.7 Å². The number of anilines is 4. The Morgan fingerprint density at radius 2 is 1.44 bits per heavy atom. The first-order valence-electron chi connectivity index (χ1n) is 15.8. The number of carbonyl (C=O) groups is 3. The second kappa shape index (κ2) is 12.3. The van der Waals surface area contributed by atoms with Crippen molar-refractivity contribution in [1.29, 1.82) is 0 Å². The van der Waals surface area contributed by atoms with Crippen LogP contribution >= 0.6 is 0 Å². The SMILES string of the molecule is CCN(CC)c1ccc2c(c1)Oc1c(C(=O)OC)cc(N(C(=O)Nc3ccccc3)c3ccccc3)cc1C21OC(=O)c2ccccc21. The molecule has 1 spiro atoms. The van der Waals surface area contributed by atoms with Crippen molar-refractivity contribution in [2.24, 2.45) is 0 Å². The van der Waals surface area contributed by atoms with Crippen molar-refractivity contribution in [2.75, 3.05) is 35.3 Å². The maximum Gasteiger partial charge on any atom is 0.341 e. The highest BCUT2D eigenvalue weighted by Gasteiger charge is 2.54. The van der Waals surface area contributed by atoms with Gasteiger partial charge in [-0.3, -0.25) is 4.90 Å². The second-order valence-corrected chi connectivity index (χ2v) is 11.4. The molecule has 0 radical (unpaired) electrons. The van der Waals surface area contributed by atoms with Crippen molar-refractivity contribution in [3.05, 3.63) is 143 Å². The summed E-state index contributed by atoms with van der Waals surface area (Å²) in [5.41, 5.74) is 2.94. The van der Waals surface area contributed by atoms with Crippen molar-refractivity contribution in [3.63, 3.8) is 0 Å². The molecule has 0 fully saturated rings. The van der Waals surface area contributed by atoms with Gasteiger partial charge in [0.05, 0.1) is 29.6 Å². The number of methoxy groups -OCH3 is 1. The zero-order valence-corrected chi connectivity index (χ0v) is 26.7. The molecular weight excluding hydrogens is 606 g/mol. The minimum Gasteiger partial charge on any atom is -0.465 e. The third kappa shape index (κ3) is 4.91. The van der Waals surface area contributed by atoms with E-state index >= 15 is 0 Å². The van der Waals surface area contributed by atoms with Crippen LogP contribution in [0.15, 0.2) is 115 Å². The summed E-state index contributed by atoms with van der Waals surface area (Å²) >= 11 is 0. The van der Waals surface area contributed by atoms with E-state index in [1.165, 1.54) is 12.0 Å². The van der Waals surface area contributed by atoms with Crippen molar-refractivity contribution in [2.45, 2.75) is 19.4 Å². The van der Waals surface area contributed by atoms with Crippen LogP contribution in [0.25, 0.3) is 0 Å². The van der Waals surface area contributed by atoms with Crippen LogP contribution in [0.3, 0.4) is 0 Å². The van der Waals surface area contributed by atoms with Crippen LogP contribution in [-0.4, -0.2) is 38.2 Å². The smallest absolute Gasteiger partial charge is 0.341 e. The van der Waals surface area contributed by atoms with Crippen molar-refractivity contribution in [1.82, 2.24) is 0 Å². The van der Waals surface area contributed by atoms with E-state index in [2.05, 4.69) is 24.1 Å². The summed E-state index contributed by atoms with van der Waals surface area (Å²) in [5, 5.41) is 2.96. The molecule has 2 heterocycles. The molecule has 5 aromatic rings. The highest BCUT2D eigenvalue weighted by molar-refractivity contribution is 6.08. The van der Waals surface area contributed by atoms with Crippen LogP contribution in [-0.2, 0) is 15.1 Å². The number of hydrogen-bond donors (Lipinski definition) is 1. The van der Waals surface area contributed by atoms with Gasteiger partial charge in [0.1, 0.15) is 17.1 Å². The van der Waals surface area contributed by atoms with E-state index in [1.807, 2.05) is 66.7 Å². The number of urea groups is 1. The van der Waals surface area contributed by atoms with Gasteiger partial charge in [-0.1, -0.05) is 54.6 Å². The van der Waals surface area contributed by atoms with E-state index in [9.17, 15) is 14.4 Å². The molecule has 2 amide bonds. The standard InChI is InChI=1S/C39H33N3O6/c1-4-41(5-2)27-20-21-32-34(24-27)47-35-30(36(43)46-3)22-28(23-33(35)39(32)31-19-13-12-18-29(31)37(44)48-39)42(26-16-10-7-11-17-26)38(45)40-25-14-8-6-9-15-25/h6-24H,4-5H2,1-3H3,(H,40,45). The molecule has 9 nitrogen and oxygen atoms in total. The van der Waals surface area contributed by atoms with E-state index in [1.54, 1.807) is 48.5 Å². The molecule has 0 aromatic heterocycles. The Morgan fingerprint density at radius 1 is 0.750 bits per heavy atom. The maximum absolute atomic E-state index is 14.1. The molecule has 48 heavy (non-hydrogen) atoms. The van der Waals surface area contributed by atoms with E-state index in [-0.39, 0.29) is 11.3 Å². The fourth-order valence-electron chi connectivity index (χ4n) is 6.58. The molecule has 0 saturated carbocycles. The van der Waals surface area contributed by atoms with Crippen molar-refractivity contribution >= 4 is 40.7 Å². The van der Waals surface area contributed by atoms with Gasteiger partial charge in [-0.25, -0.2) is 14.4 Å². The number of nitrogens with zero attached hydrogens (tertiary/aromatic N) is 2. The molecule has 7 rings (SSSR count). The zero-order chi connectivity index (χ0) is 33.4. The molecule has 0 bridgehead atoms. The van der Waals surface area contributed by atoms with Crippen molar-refractivity contribution < 1.29 is 28.6 Å². The summed E-state index contributed by atoms with van der Waals surface area (Å²) in [6.07, 6.45) is 0. The van der Waals surface area contributed by atoms with Gasteiger partial charge in [-0.2, -0.15) is 0 Å². The lowest BCUT2D eigenvalue weighted by atomic mass is 9.76. The van der Waals surface area contributed by atoms with E-state index < -0.39 is 23.6 Å². The first kappa shape index (κ1) is 30.6. The molecule has 240 valence electrons. The van der Waals surface area contributed by atoms with Crippen LogP contribution in [0.2, 0.25) is 0 Å². The highest BCUT2D eigenvalue weighted by atomic mass is 16.6. The first-order chi connectivity index (χ1) is 23.4. The third-order valence-electron chi connectivity index (χ3n) is 8.82. The predicted octanol–water partition coefficient (Wildman–Crippen LogP) is 8.26. The van der Waals surface area contributed by atoms with Gasteiger partial charge in [0.2, 0.25) is 0 Å². The summed E-state index contributed by atoms with van der Waals surface area (Å²) < 4.78 is 18.3. The molecule has 1 atom stereocenters. The first-order valence-corrected chi connectivity index (χ1v) is 15.8. The van der Waals surface area contributed by atoms with Gasteiger partial charge >= 0.3 is 18.0 Å². The Labute approximate surface area is 278 Å². The fourth-order valence-corrected chi connectivity index (χ4v) is 6.58. The van der Waals surface area contributed by atoms with Crippen LogP contribution in [0.4, 0.5) is 27.5 Å². The third-order valence-corrected chi connectivity index (χ3v) is 8.82. The number of carbonyl (C=O) groups excluding carboxylic acids is 3. The number of nitrogens with one attached hydrogen (secondary N) is 1. The molecule has 2 aliphatic heterocycles. The van der Waals surface area contributed by atoms with Crippen LogP contribution in [0.1, 0.15) is 51.3 Å². The lowest BCUT2D eigenvalue weighted by Gasteiger charge is -2.38. The Kier molecular flexibility index (Phi) is 7.80. The molecule has 1 N–H and O–H groups in total. The Morgan fingerprint density at radius 3 is 2.15 bits per heavy atom. The zero-order valence-electron chi connectivity index (χ0n) is 26.7. The number of benzene rings is 5. The average molecular weight is 640 g/mol. The van der Waals surface area contributed by atoms with Crippen LogP contribution < -0.4 is 19.9 Å². The Hall–Kier alpha value is -6.09. The van der Waals surface area contributed by atoms with Gasteiger partial charge in [0.15, 0.2) is 5.60 Å². The van der Waals surface area contributed by atoms with Gasteiger partial charge in [-0.15, -0.1) is 0 Å². The largest absolute Gasteiger partial charge is 0.465 e. The number of para-hydroxylation sites is 2.